The van der Waals surface area contributed by atoms with Crippen molar-refractivity contribution in [2.75, 3.05) is 33.4 Å². The quantitative estimate of drug-likeness (QED) is 0.559. The van der Waals surface area contributed by atoms with Crippen molar-refractivity contribution in [1.29, 1.82) is 0 Å². The lowest BCUT2D eigenvalue weighted by Crippen LogP contribution is -2.40. The Labute approximate surface area is 188 Å². The average molecular weight is 486 g/mol. The minimum Gasteiger partial charge on any atom is -0.375 e. The van der Waals surface area contributed by atoms with E-state index in [1.807, 2.05) is 6.07 Å². The Morgan fingerprint density at radius 3 is 2.59 bits per heavy atom. The molecule has 1 aliphatic heterocycles. The molecule has 0 spiro atoms. The molecular weight excluding hydrogens is 452 g/mol. The number of nitrogens with one attached hydrogen (secondary N) is 1. The number of rotatable bonds is 8. The number of benzene rings is 1. The van der Waals surface area contributed by atoms with Crippen LogP contribution < -0.4 is 5.32 Å². The lowest BCUT2D eigenvalue weighted by molar-refractivity contribution is -0.125. The second-order valence-corrected chi connectivity index (χ2v) is 10.0. The van der Waals surface area contributed by atoms with Gasteiger partial charge in [0.2, 0.25) is 5.91 Å². The van der Waals surface area contributed by atoms with Crippen LogP contribution in [0.4, 0.5) is 0 Å². The van der Waals surface area contributed by atoms with Crippen LogP contribution in [-0.4, -0.2) is 50.2 Å². The number of carbonyl (C=O) groups is 1. The summed E-state index contributed by atoms with van der Waals surface area (Å²) < 4.78 is 6.08. The molecular formula is C23H34BrClN2O2. The van der Waals surface area contributed by atoms with Gasteiger partial charge in [0, 0.05) is 22.6 Å². The normalized spacial score (nSPS) is 23.8. The van der Waals surface area contributed by atoms with Crippen molar-refractivity contribution in [3.8, 4) is 0 Å². The van der Waals surface area contributed by atoms with Gasteiger partial charge < -0.3 is 15.0 Å². The summed E-state index contributed by atoms with van der Waals surface area (Å²) >= 11 is 9.83. The first kappa shape index (κ1) is 23.1. The topological polar surface area (TPSA) is 41.6 Å². The first-order chi connectivity index (χ1) is 14.0. The predicted molar refractivity (Wildman–Crippen MR) is 122 cm³/mol. The Morgan fingerprint density at radius 1 is 1.17 bits per heavy atom. The minimum absolute atomic E-state index is 0.0172. The summed E-state index contributed by atoms with van der Waals surface area (Å²) in [5.74, 6) is 1.58. The Morgan fingerprint density at radius 2 is 1.90 bits per heavy atom. The van der Waals surface area contributed by atoms with Gasteiger partial charge in [0.25, 0.3) is 0 Å². The lowest BCUT2D eigenvalue weighted by atomic mass is 9.83. The maximum Gasteiger partial charge on any atom is 0.246 e. The van der Waals surface area contributed by atoms with E-state index in [0.717, 1.165) is 36.1 Å². The van der Waals surface area contributed by atoms with Gasteiger partial charge in [-0.15, -0.1) is 0 Å². The van der Waals surface area contributed by atoms with Crippen LogP contribution in [0.2, 0.25) is 5.02 Å². The molecule has 162 valence electrons. The number of piperidine rings is 1. The molecule has 0 atom stereocenters. The van der Waals surface area contributed by atoms with Crippen molar-refractivity contribution in [2.24, 2.45) is 11.8 Å². The molecule has 6 heteroatoms. The predicted octanol–water partition coefficient (Wildman–Crippen LogP) is 5.07. The number of halogens is 2. The smallest absolute Gasteiger partial charge is 0.246 e. The molecule has 29 heavy (non-hydrogen) atoms. The molecule has 1 saturated carbocycles. The van der Waals surface area contributed by atoms with Gasteiger partial charge in [-0.3, -0.25) is 4.79 Å². The Kier molecular flexibility index (Phi) is 9.29. The highest BCUT2D eigenvalue weighted by atomic mass is 79.9. The molecule has 1 aromatic carbocycles. The van der Waals surface area contributed by atoms with E-state index in [1.165, 1.54) is 61.8 Å². The lowest BCUT2D eigenvalue weighted by Gasteiger charge is -2.34. The molecule has 0 unspecified atom stereocenters. The summed E-state index contributed by atoms with van der Waals surface area (Å²) in [6, 6.07) is 6.45. The second kappa shape index (κ2) is 11.7. The van der Waals surface area contributed by atoms with E-state index in [9.17, 15) is 4.79 Å². The van der Waals surface area contributed by atoms with Crippen LogP contribution >= 0.6 is 27.5 Å². The fourth-order valence-corrected chi connectivity index (χ4v) is 5.39. The summed E-state index contributed by atoms with van der Waals surface area (Å²) in [4.78, 5) is 14.3. The van der Waals surface area contributed by atoms with E-state index in [0.29, 0.717) is 6.04 Å². The summed E-state index contributed by atoms with van der Waals surface area (Å²) in [6.07, 6.45) is 9.65. The van der Waals surface area contributed by atoms with E-state index in [-0.39, 0.29) is 12.5 Å². The first-order valence-electron chi connectivity index (χ1n) is 11.0. The number of hydrogen-bond donors (Lipinski definition) is 1. The first-order valence-corrected chi connectivity index (χ1v) is 12.1. The molecule has 1 heterocycles. The average Bonchev–Trinajstić information content (AvgIpc) is 2.71. The zero-order chi connectivity index (χ0) is 20.6. The van der Waals surface area contributed by atoms with Crippen molar-refractivity contribution in [1.82, 2.24) is 10.2 Å². The zero-order valence-electron chi connectivity index (χ0n) is 17.5. The highest BCUT2D eigenvalue weighted by Crippen LogP contribution is 2.30. The van der Waals surface area contributed by atoms with Crippen molar-refractivity contribution >= 4 is 33.4 Å². The zero-order valence-corrected chi connectivity index (χ0v) is 19.8. The summed E-state index contributed by atoms with van der Waals surface area (Å²) in [7, 11) is 1.56. The third-order valence-electron chi connectivity index (χ3n) is 6.56. The molecule has 1 aliphatic carbocycles. The van der Waals surface area contributed by atoms with Crippen LogP contribution in [0.3, 0.4) is 0 Å². The molecule has 0 bridgehead atoms. The monoisotopic (exact) mass is 484 g/mol. The van der Waals surface area contributed by atoms with E-state index in [2.05, 4.69) is 38.3 Å². The van der Waals surface area contributed by atoms with Crippen LogP contribution in [0.5, 0.6) is 0 Å². The van der Waals surface area contributed by atoms with Gasteiger partial charge in [-0.2, -0.15) is 0 Å². The van der Waals surface area contributed by atoms with Crippen molar-refractivity contribution in [3.05, 3.63) is 33.3 Å². The van der Waals surface area contributed by atoms with Gasteiger partial charge in [-0.1, -0.05) is 27.5 Å². The van der Waals surface area contributed by atoms with Crippen molar-refractivity contribution in [2.45, 2.75) is 57.4 Å². The SMILES string of the molecule is COCC(=O)NC1CCC(CCN2CCC(Cc3cc(Cl)ccc3Br)CC2)CC1. The van der Waals surface area contributed by atoms with Gasteiger partial charge in [-0.25, -0.2) is 0 Å². The number of hydrogen-bond acceptors (Lipinski definition) is 3. The standard InChI is InChI=1S/C23H34BrClN2O2/c1-29-16-23(28)26-21-5-2-17(3-6-21)8-11-27-12-9-18(10-13-27)14-19-15-20(25)4-7-22(19)24/h4,7,15,17-18,21H,2-3,5-6,8-14,16H2,1H3,(H,26,28). The Hall–Kier alpha value is -0.620. The number of carbonyl (C=O) groups excluding carboxylic acids is 1. The van der Waals surface area contributed by atoms with E-state index >= 15 is 0 Å². The Bertz CT molecular complexity index is 656. The van der Waals surface area contributed by atoms with Crippen LogP contribution in [0.1, 0.15) is 50.5 Å². The van der Waals surface area contributed by atoms with E-state index < -0.39 is 0 Å². The van der Waals surface area contributed by atoms with E-state index in [4.69, 9.17) is 16.3 Å². The second-order valence-electron chi connectivity index (χ2n) is 8.73. The maximum atomic E-state index is 11.7. The molecule has 1 N–H and O–H groups in total. The molecule has 1 amide bonds. The summed E-state index contributed by atoms with van der Waals surface area (Å²) in [5, 5.41) is 3.92. The summed E-state index contributed by atoms with van der Waals surface area (Å²) in [5.41, 5.74) is 1.34. The molecule has 2 fully saturated rings. The van der Waals surface area contributed by atoms with Crippen molar-refractivity contribution in [3.63, 3.8) is 0 Å². The van der Waals surface area contributed by atoms with Gasteiger partial charge >= 0.3 is 0 Å². The maximum absolute atomic E-state index is 11.7. The van der Waals surface area contributed by atoms with Crippen LogP contribution in [0.25, 0.3) is 0 Å². The molecule has 3 rings (SSSR count). The van der Waals surface area contributed by atoms with Gasteiger partial charge in [-0.05, 0) is 107 Å². The number of methoxy groups -OCH3 is 1. The largest absolute Gasteiger partial charge is 0.375 e. The highest BCUT2D eigenvalue weighted by molar-refractivity contribution is 9.10. The van der Waals surface area contributed by atoms with Crippen LogP contribution in [0, 0.1) is 11.8 Å². The fraction of sp³-hybridized carbons (Fsp3) is 0.696. The number of nitrogens with zero attached hydrogens (tertiary/aromatic N) is 1. The molecule has 2 aliphatic rings. The number of likely N-dealkylation sites (tertiary alicyclic amines) is 1. The van der Waals surface area contributed by atoms with Crippen LogP contribution in [0.15, 0.2) is 22.7 Å². The summed E-state index contributed by atoms with van der Waals surface area (Å²) in [6.45, 7) is 3.82. The molecule has 0 aromatic heterocycles. The van der Waals surface area contributed by atoms with Gasteiger partial charge in [0.15, 0.2) is 0 Å². The highest BCUT2D eigenvalue weighted by Gasteiger charge is 2.24. The molecule has 1 saturated heterocycles. The molecule has 0 radical (unpaired) electrons. The number of amides is 1. The van der Waals surface area contributed by atoms with Gasteiger partial charge in [0.05, 0.1) is 0 Å². The van der Waals surface area contributed by atoms with Gasteiger partial charge in [0.1, 0.15) is 6.61 Å². The third kappa shape index (κ3) is 7.54. The Balaban J connectivity index is 1.31. The molecule has 1 aromatic rings. The van der Waals surface area contributed by atoms with Crippen molar-refractivity contribution < 1.29 is 9.53 Å². The van der Waals surface area contributed by atoms with E-state index in [1.54, 1.807) is 7.11 Å². The number of ether oxygens (including phenoxy) is 1. The third-order valence-corrected chi connectivity index (χ3v) is 7.57. The molecule has 4 nitrogen and oxygen atoms in total. The minimum atomic E-state index is 0.0172. The fourth-order valence-electron chi connectivity index (χ4n) is 4.79. The van der Waals surface area contributed by atoms with Crippen LogP contribution in [-0.2, 0) is 16.0 Å².